The molecule has 25 heavy (non-hydrogen) atoms. The SMILES string of the molecule is C=CC(=O)OC1CCCCC1.C=CC(=O)OCC(O)COCCCC. The first kappa shape index (κ1) is 23.3. The Hall–Kier alpha value is -1.66. The molecule has 6 nitrogen and oxygen atoms in total. The fraction of sp³-hybridized carbons (Fsp3) is 0.684. The number of aliphatic hydroxyl groups is 1. The zero-order valence-corrected chi connectivity index (χ0v) is 15.3. The molecule has 0 saturated heterocycles. The lowest BCUT2D eigenvalue weighted by Gasteiger charge is -2.20. The van der Waals surface area contributed by atoms with Crippen LogP contribution in [0.4, 0.5) is 0 Å². The molecule has 1 fully saturated rings. The largest absolute Gasteiger partial charge is 0.460 e. The van der Waals surface area contributed by atoms with Crippen LogP contribution in [0.1, 0.15) is 51.9 Å². The minimum Gasteiger partial charge on any atom is -0.460 e. The number of unbranched alkanes of at least 4 members (excludes halogenated alkanes) is 1. The van der Waals surface area contributed by atoms with E-state index in [-0.39, 0.29) is 25.3 Å². The van der Waals surface area contributed by atoms with Crippen molar-refractivity contribution >= 4 is 11.9 Å². The summed E-state index contributed by atoms with van der Waals surface area (Å²) in [6.07, 6.45) is 9.44. The Labute approximate surface area is 150 Å². The van der Waals surface area contributed by atoms with Crippen molar-refractivity contribution in [2.45, 2.75) is 64.1 Å². The van der Waals surface area contributed by atoms with Gasteiger partial charge >= 0.3 is 11.9 Å². The molecule has 0 radical (unpaired) electrons. The fourth-order valence-electron chi connectivity index (χ4n) is 2.15. The number of hydrogen-bond donors (Lipinski definition) is 1. The smallest absolute Gasteiger partial charge is 0.330 e. The van der Waals surface area contributed by atoms with Crippen molar-refractivity contribution in [3.05, 3.63) is 25.3 Å². The molecule has 1 unspecified atom stereocenters. The summed E-state index contributed by atoms with van der Waals surface area (Å²) in [5, 5.41) is 9.26. The van der Waals surface area contributed by atoms with Gasteiger partial charge < -0.3 is 19.3 Å². The molecule has 1 aliphatic carbocycles. The summed E-state index contributed by atoms with van der Waals surface area (Å²) >= 11 is 0. The first-order chi connectivity index (χ1) is 12.0. The molecule has 6 heteroatoms. The predicted molar refractivity (Wildman–Crippen MR) is 96.1 cm³/mol. The van der Waals surface area contributed by atoms with E-state index < -0.39 is 12.1 Å². The maximum atomic E-state index is 10.7. The van der Waals surface area contributed by atoms with Crippen molar-refractivity contribution in [2.24, 2.45) is 0 Å². The zero-order valence-electron chi connectivity index (χ0n) is 15.3. The Kier molecular flexibility index (Phi) is 14.8. The lowest BCUT2D eigenvalue weighted by Crippen LogP contribution is -2.23. The molecule has 0 amide bonds. The number of hydrogen-bond acceptors (Lipinski definition) is 6. The quantitative estimate of drug-likeness (QED) is 0.368. The summed E-state index contributed by atoms with van der Waals surface area (Å²) < 4.78 is 14.8. The lowest BCUT2D eigenvalue weighted by molar-refractivity contribution is -0.144. The van der Waals surface area contributed by atoms with Crippen molar-refractivity contribution in [2.75, 3.05) is 19.8 Å². The minimum absolute atomic E-state index is 0.0447. The van der Waals surface area contributed by atoms with Crippen LogP contribution in [0.25, 0.3) is 0 Å². The molecule has 0 aromatic heterocycles. The molecule has 1 N–H and O–H groups in total. The Bertz CT molecular complexity index is 387. The Morgan fingerprint density at radius 2 is 1.76 bits per heavy atom. The number of aliphatic hydroxyl groups excluding tert-OH is 1. The van der Waals surface area contributed by atoms with Crippen LogP contribution in [0, 0.1) is 0 Å². The highest BCUT2D eigenvalue weighted by molar-refractivity contribution is 5.81. The Morgan fingerprint density at radius 1 is 1.12 bits per heavy atom. The van der Waals surface area contributed by atoms with E-state index in [1.807, 2.05) is 0 Å². The molecule has 0 bridgehead atoms. The van der Waals surface area contributed by atoms with E-state index in [4.69, 9.17) is 9.47 Å². The summed E-state index contributed by atoms with van der Waals surface area (Å²) in [7, 11) is 0. The van der Waals surface area contributed by atoms with Gasteiger partial charge in [-0.05, 0) is 32.1 Å². The van der Waals surface area contributed by atoms with Gasteiger partial charge in [0, 0.05) is 18.8 Å². The maximum absolute atomic E-state index is 10.7. The third kappa shape index (κ3) is 14.4. The minimum atomic E-state index is -0.754. The molecule has 1 rings (SSSR count). The summed E-state index contributed by atoms with van der Waals surface area (Å²) in [5.41, 5.74) is 0. The van der Waals surface area contributed by atoms with Gasteiger partial charge in [-0.25, -0.2) is 9.59 Å². The van der Waals surface area contributed by atoms with Gasteiger partial charge in [0.15, 0.2) is 0 Å². The van der Waals surface area contributed by atoms with Gasteiger partial charge in [0.2, 0.25) is 0 Å². The molecule has 1 atom stereocenters. The third-order valence-electron chi connectivity index (χ3n) is 3.54. The molecule has 0 heterocycles. The highest BCUT2D eigenvalue weighted by Crippen LogP contribution is 2.20. The molecule has 0 aromatic carbocycles. The topological polar surface area (TPSA) is 82.1 Å². The van der Waals surface area contributed by atoms with E-state index in [0.29, 0.717) is 6.61 Å². The maximum Gasteiger partial charge on any atom is 0.330 e. The van der Waals surface area contributed by atoms with Crippen molar-refractivity contribution in [3.8, 4) is 0 Å². The molecule has 0 aliphatic heterocycles. The molecule has 1 aliphatic rings. The average molecular weight is 356 g/mol. The van der Waals surface area contributed by atoms with E-state index in [0.717, 1.165) is 31.8 Å². The second-order valence-electron chi connectivity index (χ2n) is 5.82. The molecule has 144 valence electrons. The highest BCUT2D eigenvalue weighted by Gasteiger charge is 2.15. The number of ether oxygens (including phenoxy) is 3. The van der Waals surface area contributed by atoms with Crippen LogP contribution < -0.4 is 0 Å². The van der Waals surface area contributed by atoms with Crippen LogP contribution >= 0.6 is 0 Å². The van der Waals surface area contributed by atoms with Gasteiger partial charge in [0.05, 0.1) is 6.61 Å². The predicted octanol–water partition coefficient (Wildman–Crippen LogP) is 2.94. The van der Waals surface area contributed by atoms with Crippen LogP contribution in [-0.4, -0.2) is 49.1 Å². The van der Waals surface area contributed by atoms with Crippen molar-refractivity contribution in [1.82, 2.24) is 0 Å². The fourth-order valence-corrected chi connectivity index (χ4v) is 2.15. The van der Waals surface area contributed by atoms with Gasteiger partial charge in [-0.3, -0.25) is 0 Å². The highest BCUT2D eigenvalue weighted by atomic mass is 16.5. The lowest BCUT2D eigenvalue weighted by atomic mass is 9.98. The van der Waals surface area contributed by atoms with E-state index in [2.05, 4.69) is 24.8 Å². The van der Waals surface area contributed by atoms with E-state index >= 15 is 0 Å². The average Bonchev–Trinajstić information content (AvgIpc) is 2.64. The molecule has 1 saturated carbocycles. The van der Waals surface area contributed by atoms with Crippen molar-refractivity contribution in [1.29, 1.82) is 0 Å². The Balaban J connectivity index is 0.000000472. The standard InChI is InChI=1S/C10H18O4.C9H14O2/c1-3-5-6-13-7-9(11)8-14-10(12)4-2;1-2-9(10)11-8-6-4-3-5-7-8/h4,9,11H,2-3,5-8H2,1H3;2,8H,1,3-7H2. The van der Waals surface area contributed by atoms with Crippen LogP contribution in [-0.2, 0) is 23.8 Å². The number of carbonyl (C=O) groups excluding carboxylic acids is 2. The molecular formula is C19H32O6. The zero-order chi connectivity index (χ0) is 18.9. The van der Waals surface area contributed by atoms with Crippen LogP contribution in [0.15, 0.2) is 25.3 Å². The third-order valence-corrected chi connectivity index (χ3v) is 3.54. The van der Waals surface area contributed by atoms with E-state index in [1.165, 1.54) is 25.3 Å². The van der Waals surface area contributed by atoms with Crippen LogP contribution in [0.5, 0.6) is 0 Å². The summed E-state index contributed by atoms with van der Waals surface area (Å²) in [4.78, 5) is 21.3. The van der Waals surface area contributed by atoms with Crippen molar-refractivity contribution < 1.29 is 28.9 Å². The molecular weight excluding hydrogens is 324 g/mol. The van der Waals surface area contributed by atoms with Gasteiger partial charge in [-0.2, -0.15) is 0 Å². The summed E-state index contributed by atoms with van der Waals surface area (Å²) in [6, 6.07) is 0. The summed E-state index contributed by atoms with van der Waals surface area (Å²) in [5.74, 6) is -0.811. The monoisotopic (exact) mass is 356 g/mol. The van der Waals surface area contributed by atoms with Gasteiger partial charge in [0.1, 0.15) is 18.8 Å². The van der Waals surface area contributed by atoms with Gasteiger partial charge in [-0.1, -0.05) is 32.9 Å². The number of esters is 2. The van der Waals surface area contributed by atoms with E-state index in [1.54, 1.807) is 0 Å². The summed E-state index contributed by atoms with van der Waals surface area (Å²) in [6.45, 7) is 9.43. The Morgan fingerprint density at radius 3 is 2.32 bits per heavy atom. The normalized spacial score (nSPS) is 15.3. The second kappa shape index (κ2) is 15.8. The van der Waals surface area contributed by atoms with Gasteiger partial charge in [-0.15, -0.1) is 0 Å². The van der Waals surface area contributed by atoms with Gasteiger partial charge in [0.25, 0.3) is 0 Å². The first-order valence-corrected chi connectivity index (χ1v) is 8.91. The van der Waals surface area contributed by atoms with E-state index in [9.17, 15) is 14.7 Å². The second-order valence-corrected chi connectivity index (χ2v) is 5.82. The van der Waals surface area contributed by atoms with Crippen molar-refractivity contribution in [3.63, 3.8) is 0 Å². The molecule has 0 spiro atoms. The first-order valence-electron chi connectivity index (χ1n) is 8.91. The van der Waals surface area contributed by atoms with Crippen LogP contribution in [0.2, 0.25) is 0 Å². The number of carbonyl (C=O) groups is 2. The molecule has 0 aromatic rings. The van der Waals surface area contributed by atoms with Crippen LogP contribution in [0.3, 0.4) is 0 Å². The number of rotatable bonds is 10.